The van der Waals surface area contributed by atoms with Crippen molar-refractivity contribution in [1.29, 1.82) is 0 Å². The second kappa shape index (κ2) is 7.75. The van der Waals surface area contributed by atoms with E-state index in [2.05, 4.69) is 33.5 Å². The molecule has 6 heteroatoms. The van der Waals surface area contributed by atoms with Gasteiger partial charge in [-0.15, -0.1) is 5.10 Å². The van der Waals surface area contributed by atoms with E-state index in [9.17, 15) is 4.79 Å². The van der Waals surface area contributed by atoms with Crippen molar-refractivity contribution in [3.05, 3.63) is 76.7 Å². The Morgan fingerprint density at radius 3 is 2.65 bits per heavy atom. The molecule has 1 aliphatic carbocycles. The number of aryl methyl sites for hydroxylation is 2. The maximum absolute atomic E-state index is 12.5. The number of hydrogen-bond donors (Lipinski definition) is 1. The van der Waals surface area contributed by atoms with Gasteiger partial charge in [0.15, 0.2) is 0 Å². The van der Waals surface area contributed by atoms with Crippen LogP contribution in [-0.2, 0) is 0 Å². The summed E-state index contributed by atoms with van der Waals surface area (Å²) in [5.74, 6) is -0.0146. The lowest BCUT2D eigenvalue weighted by molar-refractivity contribution is 0.0951. The van der Waals surface area contributed by atoms with E-state index >= 15 is 0 Å². The molecule has 2 aromatic carbocycles. The molecule has 2 aromatic heterocycles. The van der Waals surface area contributed by atoms with Crippen LogP contribution in [0.25, 0.3) is 33.2 Å². The average Bonchev–Trinajstić information content (AvgIpc) is 3.57. The summed E-state index contributed by atoms with van der Waals surface area (Å²) in [6.45, 7) is 3.95. The first-order valence-corrected chi connectivity index (χ1v) is 10.7. The number of aromatic nitrogens is 3. The summed E-state index contributed by atoms with van der Waals surface area (Å²) in [5, 5.41) is 13.9. The highest BCUT2D eigenvalue weighted by Crippen LogP contribution is 2.33. The van der Waals surface area contributed by atoms with Gasteiger partial charge in [-0.05, 0) is 73.7 Å². The van der Waals surface area contributed by atoms with Gasteiger partial charge in [0.1, 0.15) is 10.8 Å². The van der Waals surface area contributed by atoms with Crippen LogP contribution < -0.4 is 5.32 Å². The molecular weight excluding hydrogens is 408 g/mol. The third kappa shape index (κ3) is 3.89. The molecule has 154 valence electrons. The van der Waals surface area contributed by atoms with Crippen LogP contribution in [0.3, 0.4) is 0 Å². The fourth-order valence-electron chi connectivity index (χ4n) is 3.73. The van der Waals surface area contributed by atoms with Crippen LogP contribution in [-0.4, -0.2) is 27.1 Å². The highest BCUT2D eigenvalue weighted by Gasteiger charge is 2.24. The van der Waals surface area contributed by atoms with E-state index in [0.29, 0.717) is 22.5 Å². The average molecular weight is 429 g/mol. The molecule has 0 aliphatic heterocycles. The third-order valence-corrected chi connectivity index (χ3v) is 5.92. The number of fused-ring (bicyclic) bond motifs is 1. The van der Waals surface area contributed by atoms with Crippen LogP contribution in [0.2, 0.25) is 5.15 Å². The molecule has 1 N–H and O–H groups in total. The molecule has 0 saturated heterocycles. The van der Waals surface area contributed by atoms with Crippen molar-refractivity contribution < 1.29 is 4.79 Å². The Morgan fingerprint density at radius 2 is 1.87 bits per heavy atom. The van der Waals surface area contributed by atoms with Gasteiger partial charge >= 0.3 is 0 Å². The minimum absolute atomic E-state index is 0.0146. The van der Waals surface area contributed by atoms with Gasteiger partial charge in [0.05, 0.1) is 6.20 Å². The summed E-state index contributed by atoms with van der Waals surface area (Å²) < 4.78 is 0. The van der Waals surface area contributed by atoms with Gasteiger partial charge in [-0.25, -0.2) is 4.98 Å². The van der Waals surface area contributed by atoms with Crippen LogP contribution in [0.4, 0.5) is 0 Å². The molecule has 1 fully saturated rings. The first kappa shape index (κ1) is 19.6. The van der Waals surface area contributed by atoms with Crippen LogP contribution in [0.15, 0.2) is 54.7 Å². The molecule has 1 amide bonds. The molecule has 1 saturated carbocycles. The van der Waals surface area contributed by atoms with Crippen LogP contribution >= 0.6 is 11.6 Å². The SMILES string of the molecule is Cc1ccc(-c2nncc3cc(-c4cc(C(=O)NC5CC5)ccc4C)ccc23)c(Cl)n1. The minimum atomic E-state index is -0.0146. The maximum atomic E-state index is 12.5. The molecule has 5 nitrogen and oxygen atoms in total. The maximum Gasteiger partial charge on any atom is 0.251 e. The lowest BCUT2D eigenvalue weighted by Crippen LogP contribution is -2.25. The Labute approximate surface area is 185 Å². The summed E-state index contributed by atoms with van der Waals surface area (Å²) >= 11 is 6.38. The topological polar surface area (TPSA) is 67.8 Å². The van der Waals surface area contributed by atoms with E-state index in [1.807, 2.05) is 49.4 Å². The van der Waals surface area contributed by atoms with E-state index < -0.39 is 0 Å². The van der Waals surface area contributed by atoms with Gasteiger partial charge in [0, 0.05) is 33.6 Å². The number of carbonyl (C=O) groups is 1. The molecule has 31 heavy (non-hydrogen) atoms. The first-order valence-electron chi connectivity index (χ1n) is 10.3. The second-order valence-electron chi connectivity index (χ2n) is 8.06. The van der Waals surface area contributed by atoms with Crippen LogP contribution in [0.5, 0.6) is 0 Å². The van der Waals surface area contributed by atoms with Crippen molar-refractivity contribution in [2.75, 3.05) is 0 Å². The normalized spacial score (nSPS) is 13.4. The van der Waals surface area contributed by atoms with E-state index in [-0.39, 0.29) is 5.91 Å². The molecule has 5 rings (SSSR count). The van der Waals surface area contributed by atoms with Crippen LogP contribution in [0.1, 0.15) is 34.5 Å². The molecule has 4 aromatic rings. The Hall–Kier alpha value is -3.31. The molecule has 0 spiro atoms. The van der Waals surface area contributed by atoms with Crippen molar-refractivity contribution in [1.82, 2.24) is 20.5 Å². The summed E-state index contributed by atoms with van der Waals surface area (Å²) in [6.07, 6.45) is 3.88. The number of pyridine rings is 1. The minimum Gasteiger partial charge on any atom is -0.349 e. The number of amides is 1. The summed E-state index contributed by atoms with van der Waals surface area (Å²) in [5.41, 5.74) is 6.15. The van der Waals surface area contributed by atoms with E-state index in [1.54, 1.807) is 6.20 Å². The largest absolute Gasteiger partial charge is 0.349 e. The standard InChI is InChI=1S/C25H21ClN4O/c1-14-3-5-17(25(31)29-19-7-8-19)12-22(14)16-6-10-20-18(11-16)13-27-30-23(20)21-9-4-15(2)28-24(21)26/h3-6,9-13,19H,7-8H2,1-2H3,(H,29,31). The lowest BCUT2D eigenvalue weighted by atomic mass is 9.95. The zero-order valence-corrected chi connectivity index (χ0v) is 18.1. The Balaban J connectivity index is 1.57. The molecule has 0 atom stereocenters. The Bertz CT molecular complexity index is 1330. The van der Waals surface area contributed by atoms with Gasteiger partial charge in [0.2, 0.25) is 0 Å². The van der Waals surface area contributed by atoms with Gasteiger partial charge in [-0.1, -0.05) is 29.8 Å². The Morgan fingerprint density at radius 1 is 1.03 bits per heavy atom. The number of carbonyl (C=O) groups excluding carboxylic acids is 1. The van der Waals surface area contributed by atoms with E-state index in [1.165, 1.54) is 0 Å². The van der Waals surface area contributed by atoms with Crippen molar-refractivity contribution in [2.24, 2.45) is 0 Å². The molecule has 0 radical (unpaired) electrons. The van der Waals surface area contributed by atoms with Crippen molar-refractivity contribution >= 4 is 28.3 Å². The second-order valence-corrected chi connectivity index (χ2v) is 8.42. The van der Waals surface area contributed by atoms with Gasteiger partial charge in [-0.2, -0.15) is 5.10 Å². The molecule has 0 unspecified atom stereocenters. The Kier molecular flexibility index (Phi) is 4.91. The smallest absolute Gasteiger partial charge is 0.251 e. The zero-order chi connectivity index (χ0) is 21.5. The van der Waals surface area contributed by atoms with Gasteiger partial charge < -0.3 is 5.32 Å². The summed E-state index contributed by atoms with van der Waals surface area (Å²) in [6, 6.07) is 16.2. The fourth-order valence-corrected chi connectivity index (χ4v) is 4.01. The van der Waals surface area contributed by atoms with Crippen molar-refractivity contribution in [2.45, 2.75) is 32.7 Å². The summed E-state index contributed by atoms with van der Waals surface area (Å²) in [7, 11) is 0. The quantitative estimate of drug-likeness (QED) is 0.434. The van der Waals surface area contributed by atoms with Crippen molar-refractivity contribution in [3.8, 4) is 22.4 Å². The number of hydrogen-bond acceptors (Lipinski definition) is 4. The summed E-state index contributed by atoms with van der Waals surface area (Å²) in [4.78, 5) is 16.9. The number of halogens is 1. The monoisotopic (exact) mass is 428 g/mol. The van der Waals surface area contributed by atoms with E-state index in [0.717, 1.165) is 51.6 Å². The number of rotatable bonds is 4. The van der Waals surface area contributed by atoms with E-state index in [4.69, 9.17) is 11.6 Å². The zero-order valence-electron chi connectivity index (χ0n) is 17.3. The number of nitrogens with zero attached hydrogens (tertiary/aromatic N) is 3. The van der Waals surface area contributed by atoms with Crippen molar-refractivity contribution in [3.63, 3.8) is 0 Å². The van der Waals surface area contributed by atoms with Gasteiger partial charge in [0.25, 0.3) is 5.91 Å². The predicted molar refractivity (Wildman–Crippen MR) is 123 cm³/mol. The number of benzene rings is 2. The first-order chi connectivity index (χ1) is 15.0. The van der Waals surface area contributed by atoms with Crippen LogP contribution in [0, 0.1) is 13.8 Å². The number of nitrogens with one attached hydrogen (secondary N) is 1. The highest BCUT2D eigenvalue weighted by molar-refractivity contribution is 6.32. The molecule has 0 bridgehead atoms. The fraction of sp³-hybridized carbons (Fsp3) is 0.200. The predicted octanol–water partition coefficient (Wildman–Crippen LogP) is 5.52. The highest BCUT2D eigenvalue weighted by atomic mass is 35.5. The molecule has 2 heterocycles. The third-order valence-electron chi connectivity index (χ3n) is 5.63. The lowest BCUT2D eigenvalue weighted by Gasteiger charge is -2.12. The van der Waals surface area contributed by atoms with Gasteiger partial charge in [-0.3, -0.25) is 4.79 Å². The molecule has 1 aliphatic rings. The molecular formula is C25H21ClN4O.